The van der Waals surface area contributed by atoms with Crippen LogP contribution in [0.25, 0.3) is 22.4 Å². The van der Waals surface area contributed by atoms with Crippen molar-refractivity contribution in [1.82, 2.24) is 4.98 Å². The molecule has 1 fully saturated rings. The second-order valence-electron chi connectivity index (χ2n) is 8.94. The van der Waals surface area contributed by atoms with Gasteiger partial charge in [0, 0.05) is 14.5 Å². The summed E-state index contributed by atoms with van der Waals surface area (Å²) >= 11 is 0. The van der Waals surface area contributed by atoms with Crippen LogP contribution < -0.4 is 5.19 Å². The van der Waals surface area contributed by atoms with Gasteiger partial charge in [0.05, 0.1) is 13.8 Å². The molecule has 1 nitrogen and oxygen atoms in total. The topological polar surface area (TPSA) is 12.9 Å². The van der Waals surface area contributed by atoms with E-state index < -0.39 is 14.4 Å². The molecule has 0 radical (unpaired) electrons. The van der Waals surface area contributed by atoms with Crippen LogP contribution in [-0.4, -0.2) is 13.1 Å². The summed E-state index contributed by atoms with van der Waals surface area (Å²) in [6, 6.07) is 20.9. The van der Waals surface area contributed by atoms with Crippen LogP contribution in [0.1, 0.15) is 34.0 Å². The van der Waals surface area contributed by atoms with Crippen LogP contribution in [0.5, 0.6) is 0 Å². The van der Waals surface area contributed by atoms with Gasteiger partial charge in [-0.3, -0.25) is 4.98 Å². The van der Waals surface area contributed by atoms with Crippen molar-refractivity contribution >= 4 is 13.3 Å². The van der Waals surface area contributed by atoms with Gasteiger partial charge < -0.3 is 0 Å². The third-order valence-corrected chi connectivity index (χ3v) is 7.71. The molecule has 0 aliphatic heterocycles. The standard InChI is InChI=1S/C26H31NSi/c1-28(2,3)26-19-27-25(18-24(26)16-20-10-7-8-11-20)23-15-9-14-22(17-23)21-12-5-4-6-13-21/h4-6,9,12-15,17-20H,7-8,10-11,16H2,1-3H3/i16D2. The fraction of sp³-hybridized carbons (Fsp3) is 0.346. The molecule has 1 heterocycles. The highest BCUT2D eigenvalue weighted by atomic mass is 28.3. The fourth-order valence-electron chi connectivity index (χ4n) is 4.11. The van der Waals surface area contributed by atoms with Crippen molar-refractivity contribution in [2.24, 2.45) is 5.92 Å². The second kappa shape index (κ2) is 8.04. The molecule has 0 atom stereocenters. The SMILES string of the molecule is [2H]C([2H])(c1cc(-c2cccc(-c3ccccc3)c2)ncc1[Si](C)(C)C)C1CCCC1. The number of hydrogen-bond acceptors (Lipinski definition) is 1. The first kappa shape index (κ1) is 16.7. The van der Waals surface area contributed by atoms with Crippen LogP contribution in [0, 0.1) is 5.92 Å². The Hall–Kier alpha value is -2.19. The van der Waals surface area contributed by atoms with Crippen molar-refractivity contribution in [2.75, 3.05) is 0 Å². The van der Waals surface area contributed by atoms with E-state index in [0.29, 0.717) is 0 Å². The van der Waals surface area contributed by atoms with E-state index in [-0.39, 0.29) is 5.92 Å². The molecule has 2 aromatic carbocycles. The Morgan fingerprint density at radius 1 is 0.893 bits per heavy atom. The minimum Gasteiger partial charge on any atom is -0.256 e. The Balaban J connectivity index is 1.81. The maximum atomic E-state index is 9.08. The molecule has 1 aromatic heterocycles. The molecule has 1 aliphatic rings. The molecule has 0 unspecified atom stereocenters. The highest BCUT2D eigenvalue weighted by Crippen LogP contribution is 2.30. The van der Waals surface area contributed by atoms with Crippen LogP contribution in [0.2, 0.25) is 19.6 Å². The lowest BCUT2D eigenvalue weighted by Gasteiger charge is -2.23. The van der Waals surface area contributed by atoms with Crippen molar-refractivity contribution in [3.63, 3.8) is 0 Å². The van der Waals surface area contributed by atoms with Gasteiger partial charge in [-0.25, -0.2) is 0 Å². The van der Waals surface area contributed by atoms with Gasteiger partial charge in [-0.2, -0.15) is 0 Å². The Morgan fingerprint density at radius 3 is 2.29 bits per heavy atom. The quantitative estimate of drug-likeness (QED) is 0.444. The Morgan fingerprint density at radius 2 is 1.57 bits per heavy atom. The monoisotopic (exact) mass is 387 g/mol. The van der Waals surface area contributed by atoms with Crippen molar-refractivity contribution in [1.29, 1.82) is 0 Å². The molecular formula is C26H31NSi. The van der Waals surface area contributed by atoms with E-state index in [2.05, 4.69) is 74.2 Å². The van der Waals surface area contributed by atoms with Crippen molar-refractivity contribution in [3.8, 4) is 22.4 Å². The molecule has 0 amide bonds. The normalized spacial score (nSPS) is 16.7. The van der Waals surface area contributed by atoms with Crippen LogP contribution in [-0.2, 0) is 6.37 Å². The smallest absolute Gasteiger partial charge is 0.0799 e. The predicted molar refractivity (Wildman–Crippen MR) is 124 cm³/mol. The first-order valence-electron chi connectivity index (χ1n) is 11.4. The Labute approximate surface area is 173 Å². The van der Waals surface area contributed by atoms with E-state index in [4.69, 9.17) is 7.73 Å². The average Bonchev–Trinajstić information content (AvgIpc) is 3.29. The molecule has 1 aliphatic carbocycles. The van der Waals surface area contributed by atoms with Gasteiger partial charge >= 0.3 is 0 Å². The molecule has 0 bridgehead atoms. The van der Waals surface area contributed by atoms with Crippen molar-refractivity contribution in [3.05, 3.63) is 72.4 Å². The Bertz CT molecular complexity index is 1020. The molecule has 0 N–H and O–H groups in total. The van der Waals surface area contributed by atoms with Gasteiger partial charge in [0.1, 0.15) is 0 Å². The maximum Gasteiger partial charge on any atom is 0.0799 e. The molecule has 0 spiro atoms. The third kappa shape index (κ3) is 4.28. The minimum absolute atomic E-state index is 0.110. The zero-order chi connectivity index (χ0) is 21.4. The van der Waals surface area contributed by atoms with Gasteiger partial charge in [0.25, 0.3) is 0 Å². The molecule has 4 rings (SSSR count). The summed E-state index contributed by atoms with van der Waals surface area (Å²) in [5.41, 5.74) is 5.13. The maximum absolute atomic E-state index is 9.08. The van der Waals surface area contributed by atoms with Crippen molar-refractivity contribution in [2.45, 2.75) is 51.7 Å². The lowest BCUT2D eigenvalue weighted by atomic mass is 9.96. The fourth-order valence-corrected chi connectivity index (χ4v) is 5.51. The number of pyridine rings is 1. The lowest BCUT2D eigenvalue weighted by molar-refractivity contribution is 0.547. The summed E-state index contributed by atoms with van der Waals surface area (Å²) < 4.78 is 18.2. The zero-order valence-electron chi connectivity index (χ0n) is 19.2. The number of aromatic nitrogens is 1. The first-order chi connectivity index (χ1) is 14.3. The molecule has 2 heteroatoms. The van der Waals surface area contributed by atoms with Crippen LogP contribution >= 0.6 is 0 Å². The van der Waals surface area contributed by atoms with Gasteiger partial charge in [0.15, 0.2) is 0 Å². The number of rotatable bonds is 5. The summed E-state index contributed by atoms with van der Waals surface area (Å²) in [6.45, 7) is 6.86. The molecule has 0 saturated heterocycles. The van der Waals surface area contributed by atoms with E-state index in [9.17, 15) is 0 Å². The van der Waals surface area contributed by atoms with Gasteiger partial charge in [0.2, 0.25) is 0 Å². The van der Waals surface area contributed by atoms with E-state index >= 15 is 0 Å². The van der Waals surface area contributed by atoms with Crippen LogP contribution in [0.15, 0.2) is 66.9 Å². The second-order valence-corrected chi connectivity index (χ2v) is 14.0. The molecule has 3 aromatic rings. The number of benzene rings is 2. The predicted octanol–water partition coefficient (Wildman–Crippen LogP) is 6.69. The van der Waals surface area contributed by atoms with Crippen LogP contribution in [0.3, 0.4) is 0 Å². The number of hydrogen-bond donors (Lipinski definition) is 0. The summed E-state index contributed by atoms with van der Waals surface area (Å²) in [5.74, 6) is 0.110. The third-order valence-electron chi connectivity index (χ3n) is 5.69. The van der Waals surface area contributed by atoms with Gasteiger partial charge in [-0.05, 0) is 46.3 Å². The van der Waals surface area contributed by atoms with E-state index in [1.54, 1.807) is 0 Å². The largest absolute Gasteiger partial charge is 0.256 e. The van der Waals surface area contributed by atoms with Crippen molar-refractivity contribution < 1.29 is 2.74 Å². The summed E-state index contributed by atoms with van der Waals surface area (Å²) in [6.07, 6.45) is 4.92. The highest BCUT2D eigenvalue weighted by Gasteiger charge is 2.24. The van der Waals surface area contributed by atoms with E-state index in [0.717, 1.165) is 53.3 Å². The minimum atomic E-state index is -1.73. The van der Waals surface area contributed by atoms with Crippen LogP contribution in [0.4, 0.5) is 0 Å². The molecule has 144 valence electrons. The van der Waals surface area contributed by atoms with Gasteiger partial charge in [-0.15, -0.1) is 0 Å². The molecule has 28 heavy (non-hydrogen) atoms. The van der Waals surface area contributed by atoms with Gasteiger partial charge in [-0.1, -0.05) is 93.9 Å². The average molecular weight is 388 g/mol. The highest BCUT2D eigenvalue weighted by molar-refractivity contribution is 6.89. The summed E-state index contributed by atoms with van der Waals surface area (Å²) in [4.78, 5) is 4.82. The first-order valence-corrected chi connectivity index (χ1v) is 13.9. The van der Waals surface area contributed by atoms with E-state index in [1.165, 1.54) is 5.56 Å². The summed E-state index contributed by atoms with van der Waals surface area (Å²) in [5, 5.41) is 1.15. The van der Waals surface area contributed by atoms with E-state index in [1.807, 2.05) is 12.3 Å². The summed E-state index contributed by atoms with van der Waals surface area (Å²) in [7, 11) is -1.73. The Kier molecular flexibility index (Phi) is 4.81. The zero-order valence-corrected chi connectivity index (χ0v) is 18.2. The molecular weight excluding hydrogens is 354 g/mol. The molecule has 1 saturated carbocycles. The lowest BCUT2D eigenvalue weighted by Crippen LogP contribution is -2.41. The number of nitrogens with zero attached hydrogens (tertiary/aromatic N) is 1.